The summed E-state index contributed by atoms with van der Waals surface area (Å²) in [6, 6.07) is 9.50. The predicted octanol–water partition coefficient (Wildman–Crippen LogP) is 3.81. The maximum absolute atomic E-state index is 12.5. The van der Waals surface area contributed by atoms with Gasteiger partial charge in [0.2, 0.25) is 0 Å². The topological polar surface area (TPSA) is 45.2 Å². The molecule has 0 spiro atoms. The molecule has 1 amide bonds. The van der Waals surface area contributed by atoms with E-state index < -0.39 is 0 Å². The first-order valence-electron chi connectivity index (χ1n) is 6.34. The van der Waals surface area contributed by atoms with Crippen molar-refractivity contribution in [3.8, 4) is 0 Å². The minimum Gasteiger partial charge on any atom is -0.373 e. The van der Waals surface area contributed by atoms with Crippen molar-refractivity contribution in [2.45, 2.75) is 6.54 Å². The van der Waals surface area contributed by atoms with Crippen molar-refractivity contribution in [1.29, 1.82) is 0 Å². The fourth-order valence-corrected chi connectivity index (χ4v) is 2.33. The third-order valence-electron chi connectivity index (χ3n) is 3.02. The average Bonchev–Trinajstić information content (AvgIpc) is 2.49. The Morgan fingerprint density at radius 1 is 1.38 bits per heavy atom. The highest BCUT2D eigenvalue weighted by molar-refractivity contribution is 9.10. The van der Waals surface area contributed by atoms with E-state index in [1.54, 1.807) is 25.1 Å². The van der Waals surface area contributed by atoms with E-state index in [0.717, 1.165) is 10.0 Å². The molecule has 0 saturated heterocycles. The van der Waals surface area contributed by atoms with Crippen LogP contribution in [0, 0.1) is 0 Å². The van der Waals surface area contributed by atoms with Crippen molar-refractivity contribution < 1.29 is 4.79 Å². The summed E-state index contributed by atoms with van der Waals surface area (Å²) in [4.78, 5) is 18.2. The summed E-state index contributed by atoms with van der Waals surface area (Å²) in [7, 11) is 3.50. The molecule has 0 bridgehead atoms. The minimum atomic E-state index is -0.137. The summed E-state index contributed by atoms with van der Waals surface area (Å²) in [5, 5.41) is 3.25. The predicted molar refractivity (Wildman–Crippen MR) is 88.7 cm³/mol. The molecule has 2 aromatic rings. The lowest BCUT2D eigenvalue weighted by atomic mass is 10.2. The van der Waals surface area contributed by atoms with Gasteiger partial charge < -0.3 is 10.2 Å². The molecule has 110 valence electrons. The Balaban J connectivity index is 2.17. The number of hydrogen-bond donors (Lipinski definition) is 1. The quantitative estimate of drug-likeness (QED) is 0.892. The van der Waals surface area contributed by atoms with Crippen LogP contribution in [0.3, 0.4) is 0 Å². The molecule has 2 rings (SSSR count). The van der Waals surface area contributed by atoms with Crippen LogP contribution in [-0.2, 0) is 6.54 Å². The van der Waals surface area contributed by atoms with E-state index in [9.17, 15) is 4.79 Å². The number of nitrogens with zero attached hydrogens (tertiary/aromatic N) is 2. The Morgan fingerprint density at radius 3 is 2.67 bits per heavy atom. The summed E-state index contributed by atoms with van der Waals surface area (Å²) >= 11 is 9.46. The summed E-state index contributed by atoms with van der Waals surface area (Å²) in [6.45, 7) is 0.514. The van der Waals surface area contributed by atoms with Crippen LogP contribution in [0.5, 0.6) is 0 Å². The maximum Gasteiger partial charge on any atom is 0.255 e. The first-order valence-corrected chi connectivity index (χ1v) is 7.51. The Hall–Kier alpha value is -1.59. The van der Waals surface area contributed by atoms with Gasteiger partial charge in [-0.2, -0.15) is 0 Å². The van der Waals surface area contributed by atoms with Gasteiger partial charge in [0.25, 0.3) is 5.91 Å². The highest BCUT2D eigenvalue weighted by atomic mass is 79.9. The number of benzene rings is 1. The van der Waals surface area contributed by atoms with Gasteiger partial charge in [-0.05, 0) is 23.8 Å². The zero-order valence-corrected chi connectivity index (χ0v) is 14.1. The molecule has 1 heterocycles. The first kappa shape index (κ1) is 15.8. The van der Waals surface area contributed by atoms with Crippen molar-refractivity contribution >= 4 is 39.3 Å². The lowest BCUT2D eigenvalue weighted by Crippen LogP contribution is -2.26. The molecule has 0 atom stereocenters. The minimum absolute atomic E-state index is 0.137. The van der Waals surface area contributed by atoms with Crippen LogP contribution in [0.25, 0.3) is 0 Å². The molecule has 0 fully saturated rings. The molecule has 1 aromatic carbocycles. The van der Waals surface area contributed by atoms with Crippen LogP contribution >= 0.6 is 27.5 Å². The molecule has 1 N–H and O–H groups in total. The lowest BCUT2D eigenvalue weighted by Gasteiger charge is -2.18. The monoisotopic (exact) mass is 367 g/mol. The van der Waals surface area contributed by atoms with Crippen LogP contribution in [0.4, 0.5) is 5.82 Å². The van der Waals surface area contributed by atoms with E-state index in [1.165, 1.54) is 6.20 Å². The van der Waals surface area contributed by atoms with E-state index in [1.807, 2.05) is 24.3 Å². The Bertz CT molecular complexity index is 646. The smallest absolute Gasteiger partial charge is 0.255 e. The lowest BCUT2D eigenvalue weighted by molar-refractivity contribution is 0.0785. The van der Waals surface area contributed by atoms with Crippen molar-refractivity contribution in [3.63, 3.8) is 0 Å². The van der Waals surface area contributed by atoms with Gasteiger partial charge in [-0.15, -0.1) is 0 Å². The van der Waals surface area contributed by atoms with Gasteiger partial charge in [-0.1, -0.05) is 39.7 Å². The number of anilines is 1. The number of halogens is 2. The zero-order chi connectivity index (χ0) is 15.4. The van der Waals surface area contributed by atoms with E-state index in [-0.39, 0.29) is 5.91 Å². The van der Waals surface area contributed by atoms with Crippen LogP contribution in [0.2, 0.25) is 5.02 Å². The van der Waals surface area contributed by atoms with Crippen molar-refractivity contribution in [2.24, 2.45) is 0 Å². The third kappa shape index (κ3) is 3.95. The number of amides is 1. The van der Waals surface area contributed by atoms with Crippen LogP contribution < -0.4 is 5.32 Å². The van der Waals surface area contributed by atoms with Gasteiger partial charge in [-0.3, -0.25) is 4.79 Å². The van der Waals surface area contributed by atoms with Gasteiger partial charge >= 0.3 is 0 Å². The molecule has 6 heteroatoms. The Labute approximate surface area is 137 Å². The van der Waals surface area contributed by atoms with E-state index in [0.29, 0.717) is 22.9 Å². The van der Waals surface area contributed by atoms with Gasteiger partial charge in [0, 0.05) is 31.3 Å². The molecular weight excluding hydrogens is 354 g/mol. The molecule has 0 aliphatic rings. The highest BCUT2D eigenvalue weighted by Gasteiger charge is 2.16. The first-order chi connectivity index (χ1) is 10.0. The number of pyridine rings is 1. The number of aromatic nitrogens is 1. The number of carbonyl (C=O) groups is 1. The number of nitrogens with one attached hydrogen (secondary N) is 1. The van der Waals surface area contributed by atoms with E-state index in [4.69, 9.17) is 11.6 Å². The second kappa shape index (κ2) is 6.91. The number of rotatable bonds is 4. The molecule has 21 heavy (non-hydrogen) atoms. The molecule has 0 aliphatic carbocycles. The van der Waals surface area contributed by atoms with Gasteiger partial charge in [0.1, 0.15) is 5.82 Å². The normalized spacial score (nSPS) is 10.3. The van der Waals surface area contributed by atoms with Crippen molar-refractivity contribution in [3.05, 3.63) is 57.2 Å². The van der Waals surface area contributed by atoms with Gasteiger partial charge in [0.05, 0.1) is 10.6 Å². The molecule has 4 nitrogen and oxygen atoms in total. The van der Waals surface area contributed by atoms with Gasteiger partial charge in [-0.25, -0.2) is 4.98 Å². The Morgan fingerprint density at radius 2 is 2.05 bits per heavy atom. The van der Waals surface area contributed by atoms with Gasteiger partial charge in [0.15, 0.2) is 0 Å². The fourth-order valence-electron chi connectivity index (χ4n) is 1.88. The van der Waals surface area contributed by atoms with Crippen LogP contribution in [-0.4, -0.2) is 29.9 Å². The average molecular weight is 369 g/mol. The molecule has 0 unspecified atom stereocenters. The standard InChI is InChI=1S/C15H15BrClN3O/c1-18-14-7-12(13(17)8-19-14)15(21)20(2)9-10-3-5-11(16)6-4-10/h3-8H,9H2,1-2H3,(H,18,19). The molecular formula is C15H15BrClN3O. The third-order valence-corrected chi connectivity index (χ3v) is 3.85. The number of carbonyl (C=O) groups excluding carboxylic acids is 1. The van der Waals surface area contributed by atoms with Crippen molar-refractivity contribution in [1.82, 2.24) is 9.88 Å². The number of hydrogen-bond acceptors (Lipinski definition) is 3. The van der Waals surface area contributed by atoms with Crippen LogP contribution in [0.1, 0.15) is 15.9 Å². The molecule has 0 aliphatic heterocycles. The second-order valence-corrected chi connectivity index (χ2v) is 5.91. The molecule has 0 saturated carbocycles. The van der Waals surface area contributed by atoms with E-state index >= 15 is 0 Å². The zero-order valence-electron chi connectivity index (χ0n) is 11.7. The van der Waals surface area contributed by atoms with Crippen LogP contribution in [0.15, 0.2) is 41.0 Å². The largest absolute Gasteiger partial charge is 0.373 e. The fraction of sp³-hybridized carbons (Fsp3) is 0.200. The second-order valence-electron chi connectivity index (χ2n) is 4.59. The molecule has 0 radical (unpaired) electrons. The highest BCUT2D eigenvalue weighted by Crippen LogP contribution is 2.20. The summed E-state index contributed by atoms with van der Waals surface area (Å²) in [5.74, 6) is 0.474. The van der Waals surface area contributed by atoms with E-state index in [2.05, 4.69) is 26.2 Å². The summed E-state index contributed by atoms with van der Waals surface area (Å²) in [6.07, 6.45) is 1.48. The summed E-state index contributed by atoms with van der Waals surface area (Å²) < 4.78 is 1.01. The maximum atomic E-state index is 12.5. The SMILES string of the molecule is CNc1cc(C(=O)N(C)Cc2ccc(Br)cc2)c(Cl)cn1. The Kier molecular flexibility index (Phi) is 5.20. The van der Waals surface area contributed by atoms with Crippen molar-refractivity contribution in [2.75, 3.05) is 19.4 Å². The summed E-state index contributed by atoms with van der Waals surface area (Å²) in [5.41, 5.74) is 1.49. The molecule has 1 aromatic heterocycles.